The van der Waals surface area contributed by atoms with Crippen LogP contribution < -0.4 is 10.2 Å². The summed E-state index contributed by atoms with van der Waals surface area (Å²) in [6.07, 6.45) is 0. The maximum Gasteiger partial charge on any atom is 0.318 e. The lowest BCUT2D eigenvalue weighted by molar-refractivity contribution is 0.198. The average Bonchev–Trinajstić information content (AvgIpc) is 3.04. The SMILES string of the molecule is COCCNCc1nnc(N(C)Cc2csc(Br)c2)o1. The molecule has 2 rings (SSSR count). The number of hydrogen-bond donors (Lipinski definition) is 1. The molecule has 0 fully saturated rings. The van der Waals surface area contributed by atoms with Crippen LogP contribution in [0.15, 0.2) is 19.6 Å². The Morgan fingerprint density at radius 2 is 2.35 bits per heavy atom. The monoisotopic (exact) mass is 360 g/mol. The molecule has 2 heterocycles. The van der Waals surface area contributed by atoms with Crippen LogP contribution in [0.1, 0.15) is 11.5 Å². The van der Waals surface area contributed by atoms with Crippen molar-refractivity contribution in [3.8, 4) is 0 Å². The van der Waals surface area contributed by atoms with Crippen molar-refractivity contribution in [3.05, 3.63) is 26.7 Å². The van der Waals surface area contributed by atoms with Gasteiger partial charge in [-0.1, -0.05) is 5.10 Å². The second kappa shape index (κ2) is 7.72. The van der Waals surface area contributed by atoms with Crippen LogP contribution in [-0.4, -0.2) is 37.5 Å². The highest BCUT2D eigenvalue weighted by molar-refractivity contribution is 9.11. The van der Waals surface area contributed by atoms with E-state index in [-0.39, 0.29) is 0 Å². The number of halogens is 1. The second-order valence-electron chi connectivity index (χ2n) is 4.26. The minimum absolute atomic E-state index is 0.524. The van der Waals surface area contributed by atoms with Crippen molar-refractivity contribution in [1.82, 2.24) is 15.5 Å². The van der Waals surface area contributed by atoms with Crippen molar-refractivity contribution in [2.75, 3.05) is 32.2 Å². The number of thiophene rings is 1. The van der Waals surface area contributed by atoms with Gasteiger partial charge in [0, 0.05) is 27.2 Å². The lowest BCUT2D eigenvalue weighted by Gasteiger charge is -2.12. The number of anilines is 1. The summed E-state index contributed by atoms with van der Waals surface area (Å²) in [6.45, 7) is 2.70. The predicted octanol–water partition coefficient (Wildman–Crippen LogP) is 2.27. The van der Waals surface area contributed by atoms with Crippen LogP contribution in [0.3, 0.4) is 0 Å². The van der Waals surface area contributed by atoms with Crippen molar-refractivity contribution in [2.24, 2.45) is 0 Å². The molecule has 0 aromatic carbocycles. The van der Waals surface area contributed by atoms with E-state index in [1.54, 1.807) is 18.4 Å². The van der Waals surface area contributed by atoms with Crippen LogP contribution in [0.4, 0.5) is 6.01 Å². The van der Waals surface area contributed by atoms with Crippen molar-refractivity contribution >= 4 is 33.3 Å². The third-order valence-electron chi connectivity index (χ3n) is 2.58. The molecule has 6 nitrogen and oxygen atoms in total. The summed E-state index contributed by atoms with van der Waals surface area (Å²) in [7, 11) is 3.60. The van der Waals surface area contributed by atoms with Gasteiger partial charge < -0.3 is 19.4 Å². The van der Waals surface area contributed by atoms with Gasteiger partial charge in [-0.15, -0.1) is 16.4 Å². The molecule has 2 aromatic rings. The van der Waals surface area contributed by atoms with Gasteiger partial charge in [-0.2, -0.15) is 0 Å². The minimum atomic E-state index is 0.524. The lowest BCUT2D eigenvalue weighted by atomic mass is 10.3. The first-order valence-corrected chi connectivity index (χ1v) is 7.82. The average molecular weight is 361 g/mol. The number of methoxy groups -OCH3 is 1. The Balaban J connectivity index is 1.84. The molecule has 0 spiro atoms. The van der Waals surface area contributed by atoms with E-state index in [1.165, 1.54) is 5.56 Å². The van der Waals surface area contributed by atoms with Gasteiger partial charge >= 0.3 is 6.01 Å². The molecule has 0 unspecified atom stereocenters. The van der Waals surface area contributed by atoms with Crippen molar-refractivity contribution in [3.63, 3.8) is 0 Å². The van der Waals surface area contributed by atoms with E-state index in [2.05, 4.69) is 42.9 Å². The van der Waals surface area contributed by atoms with Crippen LogP contribution in [0.25, 0.3) is 0 Å². The van der Waals surface area contributed by atoms with Crippen molar-refractivity contribution in [1.29, 1.82) is 0 Å². The molecule has 20 heavy (non-hydrogen) atoms. The molecule has 0 saturated carbocycles. The predicted molar refractivity (Wildman–Crippen MR) is 82.0 cm³/mol. The van der Waals surface area contributed by atoms with E-state index in [9.17, 15) is 0 Å². The highest BCUT2D eigenvalue weighted by atomic mass is 79.9. The Morgan fingerprint density at radius 3 is 3.05 bits per heavy atom. The van der Waals surface area contributed by atoms with Gasteiger partial charge in [-0.3, -0.25) is 0 Å². The summed E-state index contributed by atoms with van der Waals surface area (Å²) in [5.41, 5.74) is 1.21. The molecular formula is C12H17BrN4O2S. The molecule has 0 aliphatic rings. The summed E-state index contributed by atoms with van der Waals surface area (Å²) in [4.78, 5) is 1.93. The van der Waals surface area contributed by atoms with Gasteiger partial charge in [0.15, 0.2) is 0 Å². The van der Waals surface area contributed by atoms with Gasteiger partial charge in [-0.25, -0.2) is 0 Å². The molecule has 0 saturated heterocycles. The van der Waals surface area contributed by atoms with E-state index < -0.39 is 0 Å². The topological polar surface area (TPSA) is 63.4 Å². The van der Waals surface area contributed by atoms with Gasteiger partial charge in [0.2, 0.25) is 5.89 Å². The van der Waals surface area contributed by atoms with Crippen molar-refractivity contribution in [2.45, 2.75) is 13.1 Å². The van der Waals surface area contributed by atoms with E-state index in [1.807, 2.05) is 11.9 Å². The second-order valence-corrected chi connectivity index (χ2v) is 6.55. The number of nitrogens with zero attached hydrogens (tertiary/aromatic N) is 3. The minimum Gasteiger partial charge on any atom is -0.407 e. The van der Waals surface area contributed by atoms with Crippen LogP contribution in [0.5, 0.6) is 0 Å². The lowest BCUT2D eigenvalue weighted by Crippen LogP contribution is -2.18. The zero-order chi connectivity index (χ0) is 14.4. The molecule has 0 atom stereocenters. The van der Waals surface area contributed by atoms with E-state index in [0.717, 1.165) is 16.9 Å². The normalized spacial score (nSPS) is 10.9. The Kier molecular flexibility index (Phi) is 5.96. The molecular weight excluding hydrogens is 344 g/mol. The van der Waals surface area contributed by atoms with Crippen LogP contribution >= 0.6 is 27.3 Å². The fraction of sp³-hybridized carbons (Fsp3) is 0.500. The first-order chi connectivity index (χ1) is 9.69. The third kappa shape index (κ3) is 4.55. The quantitative estimate of drug-likeness (QED) is 0.728. The fourth-order valence-corrected chi connectivity index (χ4v) is 2.81. The Hall–Kier alpha value is -0.960. The molecule has 1 N–H and O–H groups in total. The maximum absolute atomic E-state index is 5.60. The molecule has 0 radical (unpaired) electrons. The van der Waals surface area contributed by atoms with Crippen LogP contribution in [0.2, 0.25) is 0 Å². The smallest absolute Gasteiger partial charge is 0.318 e. The van der Waals surface area contributed by atoms with Crippen molar-refractivity contribution < 1.29 is 9.15 Å². The van der Waals surface area contributed by atoms with E-state index in [0.29, 0.717) is 25.1 Å². The number of ether oxygens (including phenoxy) is 1. The molecule has 0 aliphatic carbocycles. The largest absolute Gasteiger partial charge is 0.407 e. The standard InChI is InChI=1S/C12H17BrN4O2S/c1-17(7-9-5-10(13)20-8-9)12-16-15-11(19-12)6-14-3-4-18-2/h5,8,14H,3-4,6-7H2,1-2H3. The number of rotatable bonds is 8. The summed E-state index contributed by atoms with van der Waals surface area (Å²) in [5.74, 6) is 0.578. The molecule has 8 heteroatoms. The highest BCUT2D eigenvalue weighted by Gasteiger charge is 2.11. The van der Waals surface area contributed by atoms with Gasteiger partial charge in [0.25, 0.3) is 0 Å². The Morgan fingerprint density at radius 1 is 1.50 bits per heavy atom. The molecule has 2 aromatic heterocycles. The molecule has 0 amide bonds. The number of hydrogen-bond acceptors (Lipinski definition) is 7. The van der Waals surface area contributed by atoms with E-state index >= 15 is 0 Å². The molecule has 110 valence electrons. The summed E-state index contributed by atoms with van der Waals surface area (Å²) in [6, 6.07) is 2.61. The fourth-order valence-electron chi connectivity index (χ4n) is 1.61. The first-order valence-electron chi connectivity index (χ1n) is 6.15. The number of nitrogens with one attached hydrogen (secondary N) is 1. The summed E-state index contributed by atoms with van der Waals surface area (Å²) >= 11 is 5.12. The molecule has 0 bridgehead atoms. The van der Waals surface area contributed by atoms with Gasteiger partial charge in [-0.05, 0) is 32.9 Å². The third-order valence-corrected chi connectivity index (χ3v) is 4.14. The highest BCUT2D eigenvalue weighted by Crippen LogP contribution is 2.22. The first kappa shape index (κ1) is 15.4. The Labute approximate surface area is 130 Å². The van der Waals surface area contributed by atoms with Crippen LogP contribution in [0, 0.1) is 0 Å². The zero-order valence-electron chi connectivity index (χ0n) is 11.4. The Bertz CT molecular complexity index is 531. The van der Waals surface area contributed by atoms with Gasteiger partial charge in [0.1, 0.15) is 0 Å². The van der Waals surface area contributed by atoms with Gasteiger partial charge in [0.05, 0.1) is 16.9 Å². The van der Waals surface area contributed by atoms with E-state index in [4.69, 9.17) is 9.15 Å². The van der Waals surface area contributed by atoms with Crippen LogP contribution in [-0.2, 0) is 17.8 Å². The summed E-state index contributed by atoms with van der Waals surface area (Å²) in [5, 5.41) is 13.3. The molecule has 0 aliphatic heterocycles. The summed E-state index contributed by atoms with van der Waals surface area (Å²) < 4.78 is 11.7. The zero-order valence-corrected chi connectivity index (χ0v) is 13.8. The number of aromatic nitrogens is 2. The maximum atomic E-state index is 5.60.